The smallest absolute Gasteiger partial charge is 0.336 e. The van der Waals surface area contributed by atoms with Crippen LogP contribution in [-0.4, -0.2) is 93.0 Å². The molecular formula is C30H38N2O10. The van der Waals surface area contributed by atoms with Crippen molar-refractivity contribution in [3.63, 3.8) is 0 Å². The number of amides is 1. The van der Waals surface area contributed by atoms with Gasteiger partial charge in [0.15, 0.2) is 5.60 Å². The van der Waals surface area contributed by atoms with E-state index in [2.05, 4.69) is 4.90 Å². The molecule has 1 amide bonds. The molecule has 0 unspecified atom stereocenters. The number of carboxylic acids is 3. The topological polar surface area (TPSA) is 182 Å². The fourth-order valence-electron chi connectivity index (χ4n) is 4.61. The summed E-state index contributed by atoms with van der Waals surface area (Å²) in [6, 6.07) is 7.67. The number of hydrogen-bond acceptors (Lipinski definition) is 8. The van der Waals surface area contributed by atoms with Crippen molar-refractivity contribution in [2.75, 3.05) is 31.6 Å². The molecule has 0 aliphatic carbocycles. The van der Waals surface area contributed by atoms with E-state index in [4.69, 9.17) is 32.0 Å². The summed E-state index contributed by atoms with van der Waals surface area (Å²) < 4.78 is 44.9. The molecule has 2 aromatic rings. The third kappa shape index (κ3) is 9.11. The van der Waals surface area contributed by atoms with Crippen molar-refractivity contribution in [1.29, 1.82) is 0 Å². The molecular weight excluding hydrogens is 548 g/mol. The normalized spacial score (nSPS) is 16.2. The molecule has 0 atom stereocenters. The average Bonchev–Trinajstić information content (AvgIpc) is 3.03. The molecule has 0 spiro atoms. The number of carboxylic acid groups (broad SMARTS) is 3. The first-order valence-corrected chi connectivity index (χ1v) is 13.1. The van der Waals surface area contributed by atoms with Crippen LogP contribution in [0.25, 0.3) is 0 Å². The number of methoxy groups -OCH3 is 1. The van der Waals surface area contributed by atoms with Crippen LogP contribution in [0.4, 0.5) is 5.69 Å². The van der Waals surface area contributed by atoms with Crippen molar-refractivity contribution >= 4 is 35.5 Å². The van der Waals surface area contributed by atoms with E-state index in [0.717, 1.165) is 0 Å². The zero-order chi connectivity index (χ0) is 35.7. The number of carbonyl (C=O) groups excluding carboxylic acids is 2. The first-order chi connectivity index (χ1) is 21.9. The van der Waals surface area contributed by atoms with Crippen LogP contribution in [0, 0.1) is 0 Å². The largest absolute Gasteiger partial charge is 0.481 e. The number of anilines is 1. The summed E-state index contributed by atoms with van der Waals surface area (Å²) in [5.74, 6) is -5.64. The second-order valence-corrected chi connectivity index (χ2v) is 9.61. The van der Waals surface area contributed by atoms with E-state index in [1.807, 2.05) is 30.3 Å². The number of para-hydroxylation sites is 1. The Morgan fingerprint density at radius 1 is 0.976 bits per heavy atom. The van der Waals surface area contributed by atoms with Gasteiger partial charge in [0, 0.05) is 31.7 Å². The standard InChI is InChI=1S/C24H30N2O3.C6H8O7/c1-3-22(27)26(21-12-8-5-9-13-21)24(23(28)29-2)15-18-25(19-16-24)17-14-20-10-6-4-7-11-20;7-3(8)1-6(13,5(11)12)2-4(9)10/h4-13H,3,14-19H2,1-2H3;13H,1-2H2,(H,7,8)(H,9,10)(H,11,12)/i4D,6D,7D,10D,11D;. The molecule has 0 radical (unpaired) electrons. The van der Waals surface area contributed by atoms with Crippen LogP contribution < -0.4 is 4.90 Å². The van der Waals surface area contributed by atoms with E-state index >= 15 is 0 Å². The lowest BCUT2D eigenvalue weighted by atomic mass is 9.84. The molecule has 1 fully saturated rings. The molecule has 0 saturated carbocycles. The van der Waals surface area contributed by atoms with Crippen LogP contribution in [0.15, 0.2) is 60.5 Å². The summed E-state index contributed by atoms with van der Waals surface area (Å²) in [7, 11) is 1.33. The summed E-state index contributed by atoms with van der Waals surface area (Å²) >= 11 is 0. The number of carbonyl (C=O) groups is 5. The molecule has 2 aromatic carbocycles. The molecule has 12 nitrogen and oxygen atoms in total. The summed E-state index contributed by atoms with van der Waals surface area (Å²) in [4.78, 5) is 60.2. The highest BCUT2D eigenvalue weighted by Crippen LogP contribution is 2.35. The summed E-state index contributed by atoms with van der Waals surface area (Å²) in [5, 5.41) is 33.8. The van der Waals surface area contributed by atoms with Crippen molar-refractivity contribution in [2.24, 2.45) is 0 Å². The van der Waals surface area contributed by atoms with Gasteiger partial charge in [0.25, 0.3) is 0 Å². The first-order valence-electron chi connectivity index (χ1n) is 15.6. The third-order valence-electron chi connectivity index (χ3n) is 6.76. The van der Waals surface area contributed by atoms with Crippen molar-refractivity contribution in [3.05, 3.63) is 66.1 Å². The van der Waals surface area contributed by atoms with Gasteiger partial charge >= 0.3 is 23.9 Å². The van der Waals surface area contributed by atoms with Crippen LogP contribution in [0.2, 0.25) is 0 Å². The van der Waals surface area contributed by atoms with Crippen LogP contribution in [0.5, 0.6) is 0 Å². The maximum atomic E-state index is 13.1. The second-order valence-electron chi connectivity index (χ2n) is 9.61. The molecule has 42 heavy (non-hydrogen) atoms. The number of rotatable bonds is 12. The van der Waals surface area contributed by atoms with Gasteiger partial charge in [0.1, 0.15) is 5.54 Å². The zero-order valence-corrected chi connectivity index (χ0v) is 23.4. The number of ether oxygens (including phenoxy) is 1. The van der Waals surface area contributed by atoms with Crippen LogP contribution in [0.3, 0.4) is 0 Å². The Bertz CT molecular complexity index is 1440. The fourth-order valence-corrected chi connectivity index (χ4v) is 4.61. The zero-order valence-electron chi connectivity index (χ0n) is 28.4. The number of nitrogens with zero attached hydrogens (tertiary/aromatic N) is 2. The number of benzene rings is 2. The van der Waals surface area contributed by atoms with E-state index in [-0.39, 0.29) is 48.5 Å². The Balaban J connectivity index is 0.000000500. The molecule has 1 aliphatic rings. The van der Waals surface area contributed by atoms with E-state index in [1.54, 1.807) is 11.8 Å². The third-order valence-corrected chi connectivity index (χ3v) is 6.76. The Morgan fingerprint density at radius 3 is 1.98 bits per heavy atom. The highest BCUT2D eigenvalue weighted by molar-refractivity contribution is 6.02. The number of esters is 1. The summed E-state index contributed by atoms with van der Waals surface area (Å²) in [6.07, 6.45) is -1.03. The molecule has 0 bridgehead atoms. The van der Waals surface area contributed by atoms with Gasteiger partial charge in [-0.05, 0) is 37.0 Å². The SMILES string of the molecule is O=C(O)CC(O)(CC(=O)O)C(=O)O.[2H]c1c([2H])c([2H])c(CCN2CCC(C(=O)OC)(N(C(=O)CC)c3ccccc3)CC2)c([2H])c1[2H]. The Labute approximate surface area is 251 Å². The van der Waals surface area contributed by atoms with Gasteiger partial charge in [0.2, 0.25) is 5.91 Å². The van der Waals surface area contributed by atoms with Crippen molar-refractivity contribution in [1.82, 2.24) is 4.90 Å². The number of aliphatic carboxylic acids is 3. The lowest BCUT2D eigenvalue weighted by Crippen LogP contribution is -2.62. The van der Waals surface area contributed by atoms with Gasteiger partial charge in [-0.25, -0.2) is 9.59 Å². The Hall–Kier alpha value is -4.29. The molecule has 3 rings (SSSR count). The predicted octanol–water partition coefficient (Wildman–Crippen LogP) is 2.43. The maximum absolute atomic E-state index is 13.1. The Kier molecular flexibility index (Phi) is 9.90. The number of piperidine rings is 1. The van der Waals surface area contributed by atoms with E-state index in [0.29, 0.717) is 38.2 Å². The van der Waals surface area contributed by atoms with Gasteiger partial charge in [0.05, 0.1) is 26.8 Å². The van der Waals surface area contributed by atoms with Crippen LogP contribution in [0.1, 0.15) is 51.4 Å². The van der Waals surface area contributed by atoms with Gasteiger partial charge < -0.3 is 30.1 Å². The predicted molar refractivity (Wildman–Crippen MR) is 152 cm³/mol. The maximum Gasteiger partial charge on any atom is 0.336 e. The van der Waals surface area contributed by atoms with E-state index < -0.39 is 53.9 Å². The van der Waals surface area contributed by atoms with Crippen LogP contribution in [-0.2, 0) is 35.1 Å². The molecule has 1 aliphatic heterocycles. The highest BCUT2D eigenvalue weighted by atomic mass is 16.5. The lowest BCUT2D eigenvalue weighted by Gasteiger charge is -2.46. The van der Waals surface area contributed by atoms with Crippen molar-refractivity contribution < 1.29 is 56.0 Å². The van der Waals surface area contributed by atoms with Gasteiger partial charge in [-0.3, -0.25) is 19.3 Å². The van der Waals surface area contributed by atoms with Crippen LogP contribution >= 0.6 is 0 Å². The van der Waals surface area contributed by atoms with Gasteiger partial charge in [-0.2, -0.15) is 0 Å². The Morgan fingerprint density at radius 2 is 1.52 bits per heavy atom. The molecule has 0 aromatic heterocycles. The minimum absolute atomic E-state index is 0.163. The van der Waals surface area contributed by atoms with Gasteiger partial charge in [-0.1, -0.05) is 55.3 Å². The fraction of sp³-hybridized carbons (Fsp3) is 0.433. The van der Waals surface area contributed by atoms with Gasteiger partial charge in [-0.15, -0.1) is 0 Å². The summed E-state index contributed by atoms with van der Waals surface area (Å²) in [6.45, 7) is 3.22. The molecule has 1 heterocycles. The molecule has 1 saturated heterocycles. The monoisotopic (exact) mass is 591 g/mol. The van der Waals surface area contributed by atoms with E-state index in [9.17, 15) is 24.0 Å². The summed E-state index contributed by atoms with van der Waals surface area (Å²) in [5.41, 5.74) is -2.94. The number of likely N-dealkylation sites (tertiary alicyclic amines) is 1. The number of aliphatic hydroxyl groups is 1. The minimum Gasteiger partial charge on any atom is -0.481 e. The second kappa shape index (κ2) is 15.6. The molecule has 228 valence electrons. The molecule has 4 N–H and O–H groups in total. The minimum atomic E-state index is -2.74. The van der Waals surface area contributed by atoms with Crippen molar-refractivity contribution in [2.45, 2.75) is 56.6 Å². The lowest BCUT2D eigenvalue weighted by molar-refractivity contribution is -0.170. The number of hydrogen-bond donors (Lipinski definition) is 4. The quantitative estimate of drug-likeness (QED) is 0.266. The first kappa shape index (κ1) is 26.6. The molecule has 12 heteroatoms. The highest BCUT2D eigenvalue weighted by Gasteiger charge is 2.49. The van der Waals surface area contributed by atoms with Crippen molar-refractivity contribution in [3.8, 4) is 0 Å². The van der Waals surface area contributed by atoms with E-state index in [1.165, 1.54) is 7.11 Å². The average molecular weight is 592 g/mol.